The Labute approximate surface area is 111 Å². The highest BCUT2D eigenvalue weighted by molar-refractivity contribution is 7.80. The molecule has 1 aromatic carbocycles. The molecule has 0 unspecified atom stereocenters. The van der Waals surface area contributed by atoms with Crippen molar-refractivity contribution < 1.29 is 9.53 Å². The third-order valence-corrected chi connectivity index (χ3v) is 3.69. The van der Waals surface area contributed by atoms with Gasteiger partial charge in [-0.05, 0) is 12.5 Å². The molecule has 1 aromatic rings. The summed E-state index contributed by atoms with van der Waals surface area (Å²) in [5.41, 5.74) is 1.50. The van der Waals surface area contributed by atoms with Crippen molar-refractivity contribution in [2.75, 3.05) is 0 Å². The molecule has 1 fully saturated rings. The molecular weight excluding hydrogens is 246 g/mol. The summed E-state index contributed by atoms with van der Waals surface area (Å²) in [6.45, 7) is 2.00. The summed E-state index contributed by atoms with van der Waals surface area (Å²) < 4.78 is 5.80. The Hall–Kier alpha value is -1.68. The highest BCUT2D eigenvalue weighted by Crippen LogP contribution is 2.38. The van der Waals surface area contributed by atoms with Crippen LogP contribution >= 0.6 is 12.2 Å². The first-order valence-electron chi connectivity index (χ1n) is 5.98. The lowest BCUT2D eigenvalue weighted by atomic mass is 9.92. The van der Waals surface area contributed by atoms with E-state index in [2.05, 4.69) is 5.32 Å². The molecule has 2 aliphatic heterocycles. The van der Waals surface area contributed by atoms with E-state index in [0.717, 1.165) is 17.7 Å². The Kier molecular flexibility index (Phi) is 2.67. The van der Waals surface area contributed by atoms with E-state index < -0.39 is 0 Å². The summed E-state index contributed by atoms with van der Waals surface area (Å²) >= 11 is 5.23. The lowest BCUT2D eigenvalue weighted by Gasteiger charge is -2.22. The lowest BCUT2D eigenvalue weighted by Crippen LogP contribution is -2.39. The first-order chi connectivity index (χ1) is 8.66. The van der Waals surface area contributed by atoms with Gasteiger partial charge in [0.05, 0.1) is 22.6 Å². The molecule has 0 spiro atoms. The normalized spacial score (nSPS) is 26.7. The van der Waals surface area contributed by atoms with Gasteiger partial charge in [-0.3, -0.25) is 4.79 Å². The van der Waals surface area contributed by atoms with Crippen molar-refractivity contribution >= 4 is 28.7 Å². The van der Waals surface area contributed by atoms with Crippen LogP contribution in [-0.2, 0) is 9.53 Å². The topological polar surface area (TPSA) is 38.3 Å². The number of fused-ring (bicyclic) bond motifs is 1. The highest BCUT2D eigenvalue weighted by Gasteiger charge is 2.40. The maximum absolute atomic E-state index is 12.1. The van der Waals surface area contributed by atoms with Crippen LogP contribution in [0.15, 0.2) is 36.1 Å². The predicted octanol–water partition coefficient (Wildman–Crippen LogP) is 2.28. The standard InChI is InChI=1S/C14H13NO2S/c1-8-7-10-12(17-8)11(13(16)15-14(10)18)9-5-3-2-4-6-9/h2-6,8,10H,7H2,1H3,(H,15,16,18)/t8-,10-/m0/s1. The third kappa shape index (κ3) is 1.73. The minimum Gasteiger partial charge on any atom is -0.493 e. The Morgan fingerprint density at radius 2 is 2.06 bits per heavy atom. The van der Waals surface area contributed by atoms with E-state index >= 15 is 0 Å². The summed E-state index contributed by atoms with van der Waals surface area (Å²) in [5.74, 6) is 0.622. The quantitative estimate of drug-likeness (QED) is 0.786. The van der Waals surface area contributed by atoms with Crippen LogP contribution < -0.4 is 5.32 Å². The van der Waals surface area contributed by atoms with Gasteiger partial charge in [-0.1, -0.05) is 42.5 Å². The molecule has 92 valence electrons. The van der Waals surface area contributed by atoms with Gasteiger partial charge in [0.2, 0.25) is 0 Å². The van der Waals surface area contributed by atoms with E-state index in [9.17, 15) is 4.79 Å². The number of rotatable bonds is 1. The van der Waals surface area contributed by atoms with Gasteiger partial charge < -0.3 is 10.1 Å². The first kappa shape index (κ1) is 11.4. The lowest BCUT2D eigenvalue weighted by molar-refractivity contribution is -0.114. The Bertz CT molecular complexity index is 550. The van der Waals surface area contributed by atoms with Crippen molar-refractivity contribution in [3.8, 4) is 0 Å². The molecule has 2 aliphatic rings. The molecule has 0 aliphatic carbocycles. The van der Waals surface area contributed by atoms with Crippen LogP contribution in [0.3, 0.4) is 0 Å². The Balaban J connectivity index is 2.15. The van der Waals surface area contributed by atoms with Crippen LogP contribution in [0.1, 0.15) is 18.9 Å². The van der Waals surface area contributed by atoms with Crippen molar-refractivity contribution in [1.82, 2.24) is 5.32 Å². The van der Waals surface area contributed by atoms with Gasteiger partial charge >= 0.3 is 0 Å². The molecule has 1 N–H and O–H groups in total. The van der Waals surface area contributed by atoms with Crippen molar-refractivity contribution in [2.24, 2.45) is 5.92 Å². The fourth-order valence-electron chi connectivity index (χ4n) is 2.50. The largest absolute Gasteiger partial charge is 0.493 e. The van der Waals surface area contributed by atoms with Crippen LogP contribution in [-0.4, -0.2) is 17.0 Å². The number of benzene rings is 1. The number of hydrogen-bond donors (Lipinski definition) is 1. The van der Waals surface area contributed by atoms with Crippen molar-refractivity contribution in [3.05, 3.63) is 41.7 Å². The number of thiocarbonyl (C=S) groups is 1. The van der Waals surface area contributed by atoms with Gasteiger partial charge in [0.1, 0.15) is 5.76 Å². The fraction of sp³-hybridized carbons (Fsp3) is 0.286. The molecule has 3 nitrogen and oxygen atoms in total. The number of carbonyl (C=O) groups excluding carboxylic acids is 1. The van der Waals surface area contributed by atoms with Crippen molar-refractivity contribution in [1.29, 1.82) is 0 Å². The number of ether oxygens (including phenoxy) is 1. The maximum Gasteiger partial charge on any atom is 0.260 e. The Morgan fingerprint density at radius 1 is 1.33 bits per heavy atom. The van der Waals surface area contributed by atoms with Crippen LogP contribution in [0, 0.1) is 5.92 Å². The molecule has 4 heteroatoms. The minimum absolute atomic E-state index is 0.0444. The minimum atomic E-state index is -0.161. The van der Waals surface area contributed by atoms with E-state index in [0.29, 0.717) is 10.6 Å². The van der Waals surface area contributed by atoms with Crippen molar-refractivity contribution in [2.45, 2.75) is 19.4 Å². The second-order valence-electron chi connectivity index (χ2n) is 4.64. The van der Waals surface area contributed by atoms with E-state index in [4.69, 9.17) is 17.0 Å². The molecule has 1 amide bonds. The molecular formula is C14H13NO2S. The summed E-state index contributed by atoms with van der Waals surface area (Å²) in [7, 11) is 0. The smallest absolute Gasteiger partial charge is 0.260 e. The van der Waals surface area contributed by atoms with E-state index in [1.54, 1.807) is 0 Å². The molecule has 18 heavy (non-hydrogen) atoms. The average Bonchev–Trinajstić information content (AvgIpc) is 2.72. The van der Waals surface area contributed by atoms with Crippen LogP contribution in [0.25, 0.3) is 5.57 Å². The van der Waals surface area contributed by atoms with Crippen LogP contribution in [0.2, 0.25) is 0 Å². The van der Waals surface area contributed by atoms with Gasteiger partial charge in [0.15, 0.2) is 0 Å². The summed E-state index contributed by atoms with van der Waals surface area (Å²) in [6, 6.07) is 9.59. The number of nitrogens with one attached hydrogen (secondary N) is 1. The van der Waals surface area contributed by atoms with Gasteiger partial charge in [0.25, 0.3) is 5.91 Å². The fourth-order valence-corrected chi connectivity index (χ4v) is 2.79. The summed E-state index contributed by atoms with van der Waals surface area (Å²) in [5, 5.41) is 2.77. The molecule has 2 atom stereocenters. The van der Waals surface area contributed by atoms with Gasteiger partial charge in [0, 0.05) is 6.42 Å². The SMILES string of the molecule is C[C@H]1C[C@@H]2C(=S)NC(=O)C(c3ccccc3)=C2O1. The third-order valence-electron chi connectivity index (χ3n) is 3.30. The van der Waals surface area contributed by atoms with Gasteiger partial charge in [-0.15, -0.1) is 0 Å². The van der Waals surface area contributed by atoms with Crippen LogP contribution in [0.5, 0.6) is 0 Å². The van der Waals surface area contributed by atoms with Gasteiger partial charge in [-0.25, -0.2) is 0 Å². The molecule has 0 bridgehead atoms. The number of hydrogen-bond acceptors (Lipinski definition) is 3. The number of amides is 1. The zero-order valence-electron chi connectivity index (χ0n) is 9.97. The van der Waals surface area contributed by atoms with E-state index in [1.807, 2.05) is 37.3 Å². The average molecular weight is 259 g/mol. The zero-order valence-corrected chi connectivity index (χ0v) is 10.8. The molecule has 0 radical (unpaired) electrons. The molecule has 3 rings (SSSR count). The monoisotopic (exact) mass is 259 g/mol. The second-order valence-corrected chi connectivity index (χ2v) is 5.08. The number of carbonyl (C=O) groups is 1. The molecule has 0 aromatic heterocycles. The molecule has 2 heterocycles. The van der Waals surface area contributed by atoms with E-state index in [1.165, 1.54) is 0 Å². The predicted molar refractivity (Wildman–Crippen MR) is 72.8 cm³/mol. The Morgan fingerprint density at radius 3 is 2.78 bits per heavy atom. The second kappa shape index (κ2) is 4.21. The first-order valence-corrected chi connectivity index (χ1v) is 6.39. The van der Waals surface area contributed by atoms with Crippen molar-refractivity contribution in [3.63, 3.8) is 0 Å². The van der Waals surface area contributed by atoms with Crippen LogP contribution in [0.4, 0.5) is 0 Å². The molecule has 1 saturated heterocycles. The highest BCUT2D eigenvalue weighted by atomic mass is 32.1. The maximum atomic E-state index is 12.1. The van der Waals surface area contributed by atoms with Gasteiger partial charge in [-0.2, -0.15) is 0 Å². The van der Waals surface area contributed by atoms with E-state index in [-0.39, 0.29) is 17.9 Å². The zero-order chi connectivity index (χ0) is 12.7. The summed E-state index contributed by atoms with van der Waals surface area (Å²) in [4.78, 5) is 12.7. The summed E-state index contributed by atoms with van der Waals surface area (Å²) in [6.07, 6.45) is 0.944. The molecule has 0 saturated carbocycles.